The monoisotopic (exact) mass is 291 g/mol. The highest BCUT2D eigenvalue weighted by atomic mass is 32.2. The molecule has 0 spiro atoms. The normalized spacial score (nSPS) is 11.5. The standard InChI is InChI=1S/C9H7F2N3O4S/c10-6-1-5(19(12,15)16)2-7(11)9(6)17-3-8-13-4-18-14-8/h1-2,4H,3H2,(H2,12,15,16). The first kappa shape index (κ1) is 13.4. The fourth-order valence-electron chi connectivity index (χ4n) is 1.23. The van der Waals surface area contributed by atoms with Crippen LogP contribution in [0.25, 0.3) is 0 Å². The van der Waals surface area contributed by atoms with Crippen molar-refractivity contribution >= 4 is 10.0 Å². The predicted octanol–water partition coefficient (Wildman–Crippen LogP) is 0.574. The van der Waals surface area contributed by atoms with Gasteiger partial charge in [-0.2, -0.15) is 4.98 Å². The molecule has 0 aliphatic rings. The van der Waals surface area contributed by atoms with E-state index in [1.54, 1.807) is 0 Å². The van der Waals surface area contributed by atoms with E-state index in [0.29, 0.717) is 12.1 Å². The van der Waals surface area contributed by atoms with Gasteiger partial charge >= 0.3 is 0 Å². The second kappa shape index (κ2) is 4.90. The Morgan fingerprint density at radius 2 is 1.95 bits per heavy atom. The molecule has 0 saturated carbocycles. The minimum Gasteiger partial charge on any atom is -0.479 e. The second-order valence-electron chi connectivity index (χ2n) is 3.40. The third-order valence-electron chi connectivity index (χ3n) is 2.05. The van der Waals surface area contributed by atoms with Crippen LogP contribution in [0.1, 0.15) is 5.82 Å². The molecule has 2 N–H and O–H groups in total. The van der Waals surface area contributed by atoms with Crippen LogP contribution in [0.3, 0.4) is 0 Å². The van der Waals surface area contributed by atoms with Gasteiger partial charge in [-0.3, -0.25) is 0 Å². The summed E-state index contributed by atoms with van der Waals surface area (Å²) in [5.41, 5.74) is 0. The predicted molar refractivity (Wildman–Crippen MR) is 56.4 cm³/mol. The van der Waals surface area contributed by atoms with Gasteiger partial charge in [0.15, 0.2) is 24.0 Å². The summed E-state index contributed by atoms with van der Waals surface area (Å²) < 4.78 is 58.2. The molecule has 0 aliphatic heterocycles. The lowest BCUT2D eigenvalue weighted by Gasteiger charge is -2.07. The van der Waals surface area contributed by atoms with Gasteiger partial charge in [0, 0.05) is 0 Å². The van der Waals surface area contributed by atoms with E-state index in [0.717, 1.165) is 6.39 Å². The third-order valence-corrected chi connectivity index (χ3v) is 2.95. The maximum atomic E-state index is 13.5. The number of halogens is 2. The number of rotatable bonds is 4. The largest absolute Gasteiger partial charge is 0.479 e. The number of primary sulfonamides is 1. The molecule has 19 heavy (non-hydrogen) atoms. The molecular weight excluding hydrogens is 284 g/mol. The van der Waals surface area contributed by atoms with Crippen molar-refractivity contribution < 1.29 is 26.5 Å². The van der Waals surface area contributed by atoms with Crippen LogP contribution in [-0.4, -0.2) is 18.6 Å². The van der Waals surface area contributed by atoms with Gasteiger partial charge in [0.1, 0.15) is 0 Å². The molecule has 0 radical (unpaired) electrons. The average molecular weight is 291 g/mol. The molecule has 0 amide bonds. The molecule has 0 unspecified atom stereocenters. The van der Waals surface area contributed by atoms with Crippen molar-refractivity contribution in [3.05, 3.63) is 36.0 Å². The van der Waals surface area contributed by atoms with Gasteiger partial charge in [0.2, 0.25) is 22.2 Å². The van der Waals surface area contributed by atoms with Crippen molar-refractivity contribution in [2.24, 2.45) is 5.14 Å². The van der Waals surface area contributed by atoms with E-state index in [4.69, 9.17) is 9.88 Å². The van der Waals surface area contributed by atoms with Gasteiger partial charge in [-0.05, 0) is 12.1 Å². The van der Waals surface area contributed by atoms with E-state index in [1.165, 1.54) is 0 Å². The first-order valence-electron chi connectivity index (χ1n) is 4.78. The molecule has 1 aromatic heterocycles. The Labute approximate surface area is 106 Å². The van der Waals surface area contributed by atoms with Crippen molar-refractivity contribution in [1.82, 2.24) is 10.1 Å². The molecule has 2 rings (SSSR count). The Kier molecular flexibility index (Phi) is 3.44. The lowest BCUT2D eigenvalue weighted by Crippen LogP contribution is -2.13. The Bertz CT molecular complexity index is 664. The van der Waals surface area contributed by atoms with Crippen LogP contribution in [0.15, 0.2) is 27.9 Å². The summed E-state index contributed by atoms with van der Waals surface area (Å²) in [5.74, 6) is -3.08. The summed E-state index contributed by atoms with van der Waals surface area (Å²) in [4.78, 5) is 2.90. The smallest absolute Gasteiger partial charge is 0.238 e. The van der Waals surface area contributed by atoms with Gasteiger partial charge in [0.25, 0.3) is 0 Å². The van der Waals surface area contributed by atoms with Gasteiger partial charge in [0.05, 0.1) is 4.90 Å². The average Bonchev–Trinajstić information content (AvgIpc) is 2.79. The Hall–Kier alpha value is -2.07. The topological polar surface area (TPSA) is 108 Å². The summed E-state index contributed by atoms with van der Waals surface area (Å²) in [6.45, 7) is -0.334. The number of hydrogen-bond donors (Lipinski definition) is 1. The zero-order valence-electron chi connectivity index (χ0n) is 9.21. The molecule has 2 aromatic rings. The number of sulfonamides is 1. The molecule has 0 atom stereocenters. The third kappa shape index (κ3) is 3.03. The summed E-state index contributed by atoms with van der Waals surface area (Å²) in [5, 5.41) is 8.14. The minimum absolute atomic E-state index is 0.0781. The second-order valence-corrected chi connectivity index (χ2v) is 4.96. The van der Waals surface area contributed by atoms with E-state index in [9.17, 15) is 17.2 Å². The van der Waals surface area contributed by atoms with Crippen molar-refractivity contribution in [2.45, 2.75) is 11.5 Å². The Morgan fingerprint density at radius 3 is 2.42 bits per heavy atom. The van der Waals surface area contributed by atoms with Gasteiger partial charge in [-0.1, -0.05) is 5.16 Å². The molecule has 0 bridgehead atoms. The molecule has 10 heteroatoms. The summed E-state index contributed by atoms with van der Waals surface area (Å²) in [7, 11) is -4.20. The lowest BCUT2D eigenvalue weighted by atomic mass is 10.3. The van der Waals surface area contributed by atoms with Gasteiger partial charge < -0.3 is 9.26 Å². The number of ether oxygens (including phenoxy) is 1. The van der Waals surface area contributed by atoms with E-state index >= 15 is 0 Å². The van der Waals surface area contributed by atoms with Crippen LogP contribution in [0.2, 0.25) is 0 Å². The summed E-state index contributed by atoms with van der Waals surface area (Å²) in [6.07, 6.45) is 1.02. The number of hydrogen-bond acceptors (Lipinski definition) is 6. The maximum Gasteiger partial charge on any atom is 0.238 e. The van der Waals surface area contributed by atoms with Crippen LogP contribution >= 0.6 is 0 Å². The molecule has 102 valence electrons. The fourth-order valence-corrected chi connectivity index (χ4v) is 1.77. The van der Waals surface area contributed by atoms with Crippen molar-refractivity contribution in [1.29, 1.82) is 0 Å². The van der Waals surface area contributed by atoms with Crippen LogP contribution in [0.5, 0.6) is 5.75 Å². The SMILES string of the molecule is NS(=O)(=O)c1cc(F)c(OCc2ncon2)c(F)c1. The van der Waals surface area contributed by atoms with Crippen molar-refractivity contribution in [3.8, 4) is 5.75 Å². The number of nitrogens with two attached hydrogens (primary N) is 1. The Morgan fingerprint density at radius 1 is 1.32 bits per heavy atom. The van der Waals surface area contributed by atoms with Crippen LogP contribution < -0.4 is 9.88 Å². The zero-order chi connectivity index (χ0) is 14.0. The van der Waals surface area contributed by atoms with Crippen LogP contribution in [0, 0.1) is 11.6 Å². The molecule has 7 nitrogen and oxygen atoms in total. The number of benzene rings is 1. The molecular formula is C9H7F2N3O4S. The minimum atomic E-state index is -4.20. The van der Waals surface area contributed by atoms with Gasteiger partial charge in [-0.25, -0.2) is 22.3 Å². The van der Waals surface area contributed by atoms with E-state index < -0.39 is 32.3 Å². The van der Waals surface area contributed by atoms with Gasteiger partial charge in [-0.15, -0.1) is 0 Å². The summed E-state index contributed by atoms with van der Waals surface area (Å²) in [6, 6.07) is 1.12. The van der Waals surface area contributed by atoms with Crippen molar-refractivity contribution in [3.63, 3.8) is 0 Å². The quantitative estimate of drug-likeness (QED) is 0.882. The number of nitrogens with zero attached hydrogens (tertiary/aromatic N) is 2. The molecule has 1 heterocycles. The first-order chi connectivity index (χ1) is 8.88. The van der Waals surface area contributed by atoms with E-state index in [2.05, 4.69) is 14.7 Å². The molecule has 0 fully saturated rings. The van der Waals surface area contributed by atoms with E-state index in [1.807, 2.05) is 0 Å². The van der Waals surface area contributed by atoms with E-state index in [-0.39, 0.29) is 12.4 Å². The molecule has 1 aromatic carbocycles. The first-order valence-corrected chi connectivity index (χ1v) is 6.32. The Balaban J connectivity index is 2.27. The van der Waals surface area contributed by atoms with Crippen LogP contribution in [-0.2, 0) is 16.6 Å². The highest BCUT2D eigenvalue weighted by molar-refractivity contribution is 7.89. The lowest BCUT2D eigenvalue weighted by molar-refractivity contribution is 0.259. The summed E-state index contributed by atoms with van der Waals surface area (Å²) >= 11 is 0. The number of aromatic nitrogens is 2. The van der Waals surface area contributed by atoms with Crippen molar-refractivity contribution in [2.75, 3.05) is 0 Å². The zero-order valence-corrected chi connectivity index (χ0v) is 10.0. The molecule has 0 aliphatic carbocycles. The fraction of sp³-hybridized carbons (Fsp3) is 0.111. The maximum absolute atomic E-state index is 13.5. The molecule has 0 saturated heterocycles. The van der Waals surface area contributed by atoms with Crippen LogP contribution in [0.4, 0.5) is 8.78 Å². The highest BCUT2D eigenvalue weighted by Gasteiger charge is 2.18. The highest BCUT2D eigenvalue weighted by Crippen LogP contribution is 2.25.